The highest BCUT2D eigenvalue weighted by Gasteiger charge is 2.53. The molecule has 0 aliphatic heterocycles. The molecule has 24 heavy (non-hydrogen) atoms. The van der Waals surface area contributed by atoms with E-state index < -0.39 is 36.6 Å². The highest BCUT2D eigenvalue weighted by Crippen LogP contribution is 2.46. The summed E-state index contributed by atoms with van der Waals surface area (Å²) in [6.07, 6.45) is 0.494. The van der Waals surface area contributed by atoms with Crippen LogP contribution in [0.15, 0.2) is 0 Å². The lowest BCUT2D eigenvalue weighted by atomic mass is 9.66. The molecule has 0 heterocycles. The third-order valence-corrected chi connectivity index (χ3v) is 5.52. The van der Waals surface area contributed by atoms with Crippen LogP contribution >= 0.6 is 0 Å². The van der Waals surface area contributed by atoms with Crippen LogP contribution in [0.1, 0.15) is 65.2 Å². The molecule has 2 rings (SSSR count). The molecule has 2 aliphatic carbocycles. The maximum Gasteiger partial charge on any atom is 0.157 e. The van der Waals surface area contributed by atoms with Crippen molar-refractivity contribution in [2.75, 3.05) is 13.2 Å². The van der Waals surface area contributed by atoms with E-state index in [1.807, 2.05) is 6.92 Å². The van der Waals surface area contributed by atoms with E-state index >= 15 is 0 Å². The van der Waals surface area contributed by atoms with Gasteiger partial charge in [0.15, 0.2) is 6.17 Å². The Balaban J connectivity index is 1.87. The monoisotopic (exact) mass is 350 g/mol. The van der Waals surface area contributed by atoms with Gasteiger partial charge in [0.25, 0.3) is 0 Å². The van der Waals surface area contributed by atoms with Gasteiger partial charge in [-0.3, -0.25) is 0 Å². The molecule has 2 nitrogen and oxygen atoms in total. The lowest BCUT2D eigenvalue weighted by Crippen LogP contribution is -2.55. The van der Waals surface area contributed by atoms with Gasteiger partial charge in [-0.25, -0.2) is 13.2 Å². The van der Waals surface area contributed by atoms with E-state index in [0.29, 0.717) is 32.5 Å². The molecule has 0 spiro atoms. The molecule has 0 radical (unpaired) electrons. The first-order valence-electron chi connectivity index (χ1n) is 9.75. The average Bonchev–Trinajstić information content (AvgIpc) is 2.58. The minimum Gasteiger partial charge on any atom is -0.375 e. The molecule has 142 valence electrons. The summed E-state index contributed by atoms with van der Waals surface area (Å²) in [5, 5.41) is 0. The second-order valence-electron chi connectivity index (χ2n) is 7.36. The fraction of sp³-hybridized carbons (Fsp3) is 1.00. The standard InChI is InChI=1S/C19H33F3O2/c1-3-5-6-7-11-24-15-12-13-8-9-14(23-10-4-2)17(20)16(13)19(22)18(15)21/h13-19H,3-12H2,1-2H3. The largest absolute Gasteiger partial charge is 0.375 e. The van der Waals surface area contributed by atoms with Crippen LogP contribution in [0.2, 0.25) is 0 Å². The quantitative estimate of drug-likeness (QED) is 0.533. The highest BCUT2D eigenvalue weighted by atomic mass is 19.2. The number of hydrogen-bond acceptors (Lipinski definition) is 2. The summed E-state index contributed by atoms with van der Waals surface area (Å²) in [6, 6.07) is 0. The van der Waals surface area contributed by atoms with Gasteiger partial charge >= 0.3 is 0 Å². The van der Waals surface area contributed by atoms with Crippen molar-refractivity contribution in [2.45, 2.75) is 95.9 Å². The SMILES string of the molecule is CCCCCCOC1CC2CCC(OCCC)C(F)C2C(F)C1F. The van der Waals surface area contributed by atoms with Gasteiger partial charge in [0.2, 0.25) is 0 Å². The fourth-order valence-corrected chi connectivity index (χ4v) is 4.16. The third kappa shape index (κ3) is 4.87. The van der Waals surface area contributed by atoms with Gasteiger partial charge in [-0.1, -0.05) is 33.1 Å². The van der Waals surface area contributed by atoms with Crippen LogP contribution in [0, 0.1) is 11.8 Å². The zero-order valence-corrected chi connectivity index (χ0v) is 15.1. The Kier molecular flexibility index (Phi) is 8.35. The van der Waals surface area contributed by atoms with Crippen molar-refractivity contribution >= 4 is 0 Å². The lowest BCUT2D eigenvalue weighted by molar-refractivity contribution is -0.151. The second-order valence-corrected chi connectivity index (χ2v) is 7.36. The van der Waals surface area contributed by atoms with Crippen molar-refractivity contribution in [3.63, 3.8) is 0 Å². The number of hydrogen-bond donors (Lipinski definition) is 0. The third-order valence-electron chi connectivity index (χ3n) is 5.52. The van der Waals surface area contributed by atoms with Crippen LogP contribution in [-0.4, -0.2) is 43.9 Å². The molecule has 0 aromatic rings. The molecule has 2 fully saturated rings. The van der Waals surface area contributed by atoms with Crippen LogP contribution in [0.3, 0.4) is 0 Å². The summed E-state index contributed by atoms with van der Waals surface area (Å²) >= 11 is 0. The van der Waals surface area contributed by atoms with Crippen molar-refractivity contribution in [2.24, 2.45) is 11.8 Å². The molecule has 2 saturated carbocycles. The van der Waals surface area contributed by atoms with Crippen molar-refractivity contribution < 1.29 is 22.6 Å². The lowest BCUT2D eigenvalue weighted by Gasteiger charge is -2.46. The summed E-state index contributed by atoms with van der Waals surface area (Å²) in [7, 11) is 0. The number of alkyl halides is 3. The van der Waals surface area contributed by atoms with Gasteiger partial charge < -0.3 is 9.47 Å². The Morgan fingerprint density at radius 1 is 0.750 bits per heavy atom. The van der Waals surface area contributed by atoms with Crippen molar-refractivity contribution in [3.8, 4) is 0 Å². The van der Waals surface area contributed by atoms with Crippen molar-refractivity contribution in [3.05, 3.63) is 0 Å². The first kappa shape index (κ1) is 20.0. The molecule has 2 aliphatic rings. The van der Waals surface area contributed by atoms with Crippen LogP contribution in [0.4, 0.5) is 13.2 Å². The summed E-state index contributed by atoms with van der Waals surface area (Å²) in [5.41, 5.74) is 0. The van der Waals surface area contributed by atoms with E-state index in [-0.39, 0.29) is 5.92 Å². The van der Waals surface area contributed by atoms with Gasteiger partial charge in [-0.15, -0.1) is 0 Å². The maximum atomic E-state index is 14.7. The van der Waals surface area contributed by atoms with E-state index in [0.717, 1.165) is 32.1 Å². The Bertz CT molecular complexity index is 354. The Hall–Kier alpha value is -0.290. The topological polar surface area (TPSA) is 18.5 Å². The van der Waals surface area contributed by atoms with Crippen molar-refractivity contribution in [1.82, 2.24) is 0 Å². The van der Waals surface area contributed by atoms with E-state index in [9.17, 15) is 13.2 Å². The first-order chi connectivity index (χ1) is 11.6. The fourth-order valence-electron chi connectivity index (χ4n) is 4.16. The van der Waals surface area contributed by atoms with Crippen LogP contribution in [0.25, 0.3) is 0 Å². The summed E-state index contributed by atoms with van der Waals surface area (Å²) in [4.78, 5) is 0. The number of halogens is 3. The zero-order chi connectivity index (χ0) is 17.5. The van der Waals surface area contributed by atoms with Crippen LogP contribution in [-0.2, 0) is 9.47 Å². The molecule has 5 heteroatoms. The molecular weight excluding hydrogens is 317 g/mol. The normalized spacial score (nSPS) is 39.6. The number of rotatable bonds is 9. The van der Waals surface area contributed by atoms with Gasteiger partial charge in [0, 0.05) is 19.1 Å². The second kappa shape index (κ2) is 10.0. The maximum absolute atomic E-state index is 14.7. The Morgan fingerprint density at radius 2 is 1.50 bits per heavy atom. The minimum atomic E-state index is -1.78. The zero-order valence-electron chi connectivity index (χ0n) is 15.1. The molecule has 0 aromatic heterocycles. The predicted octanol–water partition coefficient (Wildman–Crippen LogP) is 5.19. The molecule has 0 aromatic carbocycles. The molecular formula is C19H33F3O2. The molecule has 0 bridgehead atoms. The van der Waals surface area contributed by atoms with Gasteiger partial charge in [-0.05, 0) is 38.0 Å². The summed E-state index contributed by atoms with van der Waals surface area (Å²) in [6.45, 7) is 5.03. The molecule has 0 N–H and O–H groups in total. The van der Waals surface area contributed by atoms with E-state index in [1.165, 1.54) is 0 Å². The van der Waals surface area contributed by atoms with Gasteiger partial charge in [0.1, 0.15) is 12.3 Å². The van der Waals surface area contributed by atoms with E-state index in [4.69, 9.17) is 9.47 Å². The Labute approximate surface area is 144 Å². The average molecular weight is 350 g/mol. The van der Waals surface area contributed by atoms with Crippen LogP contribution in [0.5, 0.6) is 0 Å². The van der Waals surface area contributed by atoms with E-state index in [2.05, 4.69) is 6.92 Å². The van der Waals surface area contributed by atoms with Crippen LogP contribution < -0.4 is 0 Å². The summed E-state index contributed by atoms with van der Waals surface area (Å²) < 4.78 is 54.8. The smallest absolute Gasteiger partial charge is 0.157 e. The minimum absolute atomic E-state index is 0.135. The number of unbranched alkanes of at least 4 members (excludes halogenated alkanes) is 3. The van der Waals surface area contributed by atoms with Gasteiger partial charge in [-0.2, -0.15) is 0 Å². The molecule has 0 amide bonds. The predicted molar refractivity (Wildman–Crippen MR) is 89.4 cm³/mol. The number of ether oxygens (including phenoxy) is 2. The highest BCUT2D eigenvalue weighted by molar-refractivity contribution is 5.01. The Morgan fingerprint density at radius 3 is 2.21 bits per heavy atom. The molecule has 7 atom stereocenters. The first-order valence-corrected chi connectivity index (χ1v) is 9.75. The molecule has 0 saturated heterocycles. The van der Waals surface area contributed by atoms with E-state index in [1.54, 1.807) is 0 Å². The summed E-state index contributed by atoms with van der Waals surface area (Å²) in [5.74, 6) is -1.01. The number of fused-ring (bicyclic) bond motifs is 1. The molecule has 7 unspecified atom stereocenters. The van der Waals surface area contributed by atoms with Crippen molar-refractivity contribution in [1.29, 1.82) is 0 Å². The van der Waals surface area contributed by atoms with Gasteiger partial charge in [0.05, 0.1) is 12.2 Å².